The van der Waals surface area contributed by atoms with Gasteiger partial charge in [-0.05, 0) is 67.5 Å². The Kier molecular flexibility index (Phi) is 6.81. The predicted octanol–water partition coefficient (Wildman–Crippen LogP) is 6.01. The molecule has 3 rings (SSSR count). The monoisotopic (exact) mass is 398 g/mol. The minimum Gasteiger partial charge on any atom is -0.505 e. The van der Waals surface area contributed by atoms with Crippen molar-refractivity contribution in [1.82, 2.24) is 0 Å². The highest BCUT2D eigenvalue weighted by Crippen LogP contribution is 2.37. The molecule has 0 atom stereocenters. The molecule has 0 aliphatic heterocycles. The average molecular weight is 398 g/mol. The zero-order valence-electron chi connectivity index (χ0n) is 16.4. The Morgan fingerprint density at radius 2 is 1.72 bits per heavy atom. The maximum Gasteiger partial charge on any atom is 0.330 e. The first-order valence-electron chi connectivity index (χ1n) is 9.86. The summed E-state index contributed by atoms with van der Waals surface area (Å²) in [6, 6.07) is 9.94. The molecule has 0 amide bonds. The third kappa shape index (κ3) is 4.91. The quantitative estimate of drug-likeness (QED) is 0.495. The fourth-order valence-corrected chi connectivity index (χ4v) is 3.63. The van der Waals surface area contributed by atoms with Crippen LogP contribution >= 0.6 is 0 Å². The molecular weight excluding hydrogens is 374 g/mol. The largest absolute Gasteiger partial charge is 0.505 e. The summed E-state index contributed by atoms with van der Waals surface area (Å²) >= 11 is 0. The van der Waals surface area contributed by atoms with Crippen molar-refractivity contribution in [1.29, 1.82) is 0 Å². The topological polar surface area (TPSA) is 46.5 Å². The van der Waals surface area contributed by atoms with E-state index < -0.39 is 23.4 Å². The van der Waals surface area contributed by atoms with Crippen molar-refractivity contribution in [3.8, 4) is 5.75 Å². The Morgan fingerprint density at radius 3 is 2.38 bits per heavy atom. The minimum atomic E-state index is -1.23. The number of hydrogen-bond acceptors (Lipinski definition) is 3. The molecule has 1 N–H and O–H groups in total. The Balaban J connectivity index is 2.00. The van der Waals surface area contributed by atoms with Gasteiger partial charge in [0.15, 0.2) is 11.6 Å². The number of phenolic OH excluding ortho intramolecular Hbond substituents is 1. The first-order chi connectivity index (χ1) is 14.0. The van der Waals surface area contributed by atoms with E-state index in [9.17, 15) is 18.7 Å². The van der Waals surface area contributed by atoms with E-state index in [0.29, 0.717) is 12.2 Å². The fourth-order valence-electron chi connectivity index (χ4n) is 3.63. The number of allylic oxidation sites excluding steroid dienone is 1. The first-order valence-corrected chi connectivity index (χ1v) is 9.86. The number of halogens is 2. The second-order valence-electron chi connectivity index (χ2n) is 7.01. The summed E-state index contributed by atoms with van der Waals surface area (Å²) in [5.74, 6) is -3.38. The Bertz CT molecular complexity index is 935. The summed E-state index contributed by atoms with van der Waals surface area (Å²) in [4.78, 5) is 11.5. The summed E-state index contributed by atoms with van der Waals surface area (Å²) in [6.07, 6.45) is 7.83. The number of carbonyl (C=O) groups is 1. The Hall–Kier alpha value is -2.95. The fraction of sp³-hybridized carbons (Fsp3) is 0.292. The van der Waals surface area contributed by atoms with E-state index in [1.165, 1.54) is 18.2 Å². The van der Waals surface area contributed by atoms with Gasteiger partial charge in [-0.2, -0.15) is 4.39 Å². The highest BCUT2D eigenvalue weighted by atomic mass is 19.2. The van der Waals surface area contributed by atoms with Gasteiger partial charge in [-0.25, -0.2) is 9.18 Å². The number of rotatable bonds is 5. The van der Waals surface area contributed by atoms with Crippen LogP contribution in [-0.2, 0) is 9.53 Å². The smallest absolute Gasteiger partial charge is 0.330 e. The molecule has 29 heavy (non-hydrogen) atoms. The maximum atomic E-state index is 14.7. The van der Waals surface area contributed by atoms with Crippen LogP contribution in [0.25, 0.3) is 11.6 Å². The van der Waals surface area contributed by atoms with Crippen molar-refractivity contribution in [3.05, 3.63) is 76.4 Å². The lowest BCUT2D eigenvalue weighted by molar-refractivity contribution is -0.137. The molecule has 3 nitrogen and oxygen atoms in total. The minimum absolute atomic E-state index is 0.159. The number of phenols is 1. The molecule has 152 valence electrons. The Labute approximate surface area is 169 Å². The normalized spacial score (nSPS) is 14.2. The summed E-state index contributed by atoms with van der Waals surface area (Å²) in [5, 5.41) is 9.49. The van der Waals surface area contributed by atoms with Gasteiger partial charge >= 0.3 is 5.97 Å². The molecule has 1 saturated carbocycles. The number of aromatic hydroxyl groups is 1. The zero-order valence-corrected chi connectivity index (χ0v) is 16.4. The van der Waals surface area contributed by atoms with Gasteiger partial charge in [-0.15, -0.1) is 0 Å². The van der Waals surface area contributed by atoms with Gasteiger partial charge in [0.1, 0.15) is 0 Å². The van der Waals surface area contributed by atoms with Crippen LogP contribution in [0.5, 0.6) is 5.75 Å². The van der Waals surface area contributed by atoms with E-state index >= 15 is 0 Å². The van der Waals surface area contributed by atoms with Gasteiger partial charge in [-0.1, -0.05) is 36.3 Å². The number of carbonyl (C=O) groups excluding carboxylic acids is 1. The average Bonchev–Trinajstić information content (AvgIpc) is 2.74. The van der Waals surface area contributed by atoms with E-state index in [2.05, 4.69) is 0 Å². The van der Waals surface area contributed by atoms with Crippen LogP contribution in [0.3, 0.4) is 0 Å². The van der Waals surface area contributed by atoms with E-state index in [-0.39, 0.29) is 5.56 Å². The Morgan fingerprint density at radius 1 is 1.03 bits per heavy atom. The SMILES string of the molecule is CCOC(=O)C=Cc1ccc(C(=C2CCCCC2)c2ccc(O)c(F)c2F)cc1. The van der Waals surface area contributed by atoms with Gasteiger partial charge in [0.25, 0.3) is 0 Å². The summed E-state index contributed by atoms with van der Waals surface area (Å²) in [7, 11) is 0. The molecule has 0 spiro atoms. The van der Waals surface area contributed by atoms with Crippen molar-refractivity contribution < 1.29 is 23.4 Å². The number of benzene rings is 2. The standard InChI is InChI=1S/C24H24F2O3/c1-2-29-21(28)15-10-16-8-11-18(12-9-16)22(17-6-4-3-5-7-17)19-13-14-20(27)24(26)23(19)25/h8-15,27H,2-7H2,1H3. The van der Waals surface area contributed by atoms with Crippen LogP contribution < -0.4 is 0 Å². The third-order valence-corrected chi connectivity index (χ3v) is 5.04. The van der Waals surface area contributed by atoms with E-state index in [1.54, 1.807) is 13.0 Å². The predicted molar refractivity (Wildman–Crippen MR) is 109 cm³/mol. The van der Waals surface area contributed by atoms with Gasteiger partial charge < -0.3 is 9.84 Å². The molecular formula is C24H24F2O3. The summed E-state index contributed by atoms with van der Waals surface area (Å²) in [5.41, 5.74) is 3.51. The van der Waals surface area contributed by atoms with Crippen LogP contribution in [0.4, 0.5) is 8.78 Å². The molecule has 0 heterocycles. The molecule has 5 heteroatoms. The van der Waals surface area contributed by atoms with Gasteiger partial charge in [0.2, 0.25) is 5.82 Å². The second-order valence-corrected chi connectivity index (χ2v) is 7.01. The van der Waals surface area contributed by atoms with Gasteiger partial charge in [0.05, 0.1) is 6.61 Å². The molecule has 1 aliphatic rings. The number of esters is 1. The molecule has 2 aromatic rings. The van der Waals surface area contributed by atoms with E-state index in [4.69, 9.17) is 4.74 Å². The zero-order chi connectivity index (χ0) is 20.8. The van der Waals surface area contributed by atoms with Gasteiger partial charge in [0, 0.05) is 11.6 Å². The number of hydrogen-bond donors (Lipinski definition) is 1. The molecule has 0 bridgehead atoms. The van der Waals surface area contributed by atoms with Crippen molar-refractivity contribution in [2.24, 2.45) is 0 Å². The third-order valence-electron chi connectivity index (χ3n) is 5.04. The second kappa shape index (κ2) is 9.50. The van der Waals surface area contributed by atoms with Crippen molar-refractivity contribution in [2.45, 2.75) is 39.0 Å². The molecule has 1 fully saturated rings. The summed E-state index contributed by atoms with van der Waals surface area (Å²) < 4.78 is 33.6. The van der Waals surface area contributed by atoms with Crippen LogP contribution in [0.15, 0.2) is 48.0 Å². The first kappa shape index (κ1) is 20.8. The highest BCUT2D eigenvalue weighted by molar-refractivity contribution is 5.87. The number of ether oxygens (including phenoxy) is 1. The van der Waals surface area contributed by atoms with E-state index in [0.717, 1.165) is 48.8 Å². The van der Waals surface area contributed by atoms with Crippen LogP contribution in [0.2, 0.25) is 0 Å². The lowest BCUT2D eigenvalue weighted by Gasteiger charge is -2.21. The summed E-state index contributed by atoms with van der Waals surface area (Å²) in [6.45, 7) is 2.06. The van der Waals surface area contributed by atoms with E-state index in [1.807, 2.05) is 24.3 Å². The van der Waals surface area contributed by atoms with Crippen molar-refractivity contribution in [3.63, 3.8) is 0 Å². The van der Waals surface area contributed by atoms with Crippen LogP contribution in [0, 0.1) is 11.6 Å². The molecule has 0 radical (unpaired) electrons. The van der Waals surface area contributed by atoms with Crippen molar-refractivity contribution >= 4 is 17.6 Å². The lowest BCUT2D eigenvalue weighted by atomic mass is 9.84. The molecule has 2 aromatic carbocycles. The lowest BCUT2D eigenvalue weighted by Crippen LogP contribution is -2.03. The van der Waals surface area contributed by atoms with Gasteiger partial charge in [-0.3, -0.25) is 0 Å². The molecule has 0 saturated heterocycles. The maximum absolute atomic E-state index is 14.7. The molecule has 0 aromatic heterocycles. The van der Waals surface area contributed by atoms with Crippen molar-refractivity contribution in [2.75, 3.05) is 6.61 Å². The van der Waals surface area contributed by atoms with Crippen LogP contribution in [-0.4, -0.2) is 17.7 Å². The van der Waals surface area contributed by atoms with Crippen LogP contribution in [0.1, 0.15) is 55.7 Å². The molecule has 0 unspecified atom stereocenters. The highest BCUT2D eigenvalue weighted by Gasteiger charge is 2.21. The molecule has 1 aliphatic carbocycles.